The molecule has 1 rings (SSSR count). The van der Waals surface area contributed by atoms with Crippen molar-refractivity contribution in [3.63, 3.8) is 0 Å². The van der Waals surface area contributed by atoms with Gasteiger partial charge in [0.2, 0.25) is 0 Å². The van der Waals surface area contributed by atoms with Crippen LogP contribution in [0.15, 0.2) is 0 Å². The van der Waals surface area contributed by atoms with Crippen molar-refractivity contribution in [2.75, 3.05) is 46.8 Å². The summed E-state index contributed by atoms with van der Waals surface area (Å²) in [6.45, 7) is 10.5. The van der Waals surface area contributed by atoms with Gasteiger partial charge in [0.15, 0.2) is 0 Å². The van der Waals surface area contributed by atoms with Gasteiger partial charge in [-0.3, -0.25) is 0 Å². The molecule has 0 unspecified atom stereocenters. The molecule has 1 heterocycles. The molecule has 0 aromatic heterocycles. The monoisotopic (exact) mass is 255 g/mol. The summed E-state index contributed by atoms with van der Waals surface area (Å²) in [7, 11) is 4.36. The van der Waals surface area contributed by atoms with Gasteiger partial charge in [0.1, 0.15) is 0 Å². The first-order valence-corrected chi connectivity index (χ1v) is 7.50. The second-order valence-corrected chi connectivity index (χ2v) is 7.02. The third-order valence-electron chi connectivity index (χ3n) is 4.21. The molecule has 1 saturated heterocycles. The molecule has 0 amide bonds. The third-order valence-corrected chi connectivity index (χ3v) is 4.21. The van der Waals surface area contributed by atoms with Gasteiger partial charge in [-0.25, -0.2) is 0 Å². The van der Waals surface area contributed by atoms with Crippen LogP contribution in [0.3, 0.4) is 0 Å². The molecule has 0 aromatic carbocycles. The van der Waals surface area contributed by atoms with Gasteiger partial charge in [-0.05, 0) is 77.3 Å². The van der Waals surface area contributed by atoms with Crippen LogP contribution >= 0.6 is 0 Å². The second kappa shape index (κ2) is 7.46. The topological polar surface area (TPSA) is 32.5 Å². The molecule has 0 aliphatic carbocycles. The maximum Gasteiger partial charge on any atom is 0.000451 e. The lowest BCUT2D eigenvalue weighted by molar-refractivity contribution is 0.155. The van der Waals surface area contributed by atoms with Crippen molar-refractivity contribution in [2.45, 2.75) is 39.5 Å². The average Bonchev–Trinajstić information content (AvgIpc) is 2.30. The van der Waals surface area contributed by atoms with Gasteiger partial charge in [0.05, 0.1) is 0 Å². The Morgan fingerprint density at radius 1 is 1.22 bits per heavy atom. The predicted molar refractivity (Wildman–Crippen MR) is 79.8 cm³/mol. The SMILES string of the molecule is CN(C)CC1CCN(CCCC(C)(C)CN)CC1. The number of nitrogens with two attached hydrogens (primary N) is 1. The molecule has 1 aliphatic rings. The van der Waals surface area contributed by atoms with Crippen LogP contribution in [-0.2, 0) is 0 Å². The Labute approximate surface area is 114 Å². The Bertz CT molecular complexity index is 218. The van der Waals surface area contributed by atoms with E-state index in [4.69, 9.17) is 5.73 Å². The summed E-state index contributed by atoms with van der Waals surface area (Å²) in [4.78, 5) is 4.96. The van der Waals surface area contributed by atoms with Gasteiger partial charge in [0, 0.05) is 6.54 Å². The van der Waals surface area contributed by atoms with E-state index in [0.29, 0.717) is 5.41 Å². The lowest BCUT2D eigenvalue weighted by Crippen LogP contribution is -2.38. The molecule has 3 heteroatoms. The van der Waals surface area contributed by atoms with E-state index in [-0.39, 0.29) is 0 Å². The summed E-state index contributed by atoms with van der Waals surface area (Å²) >= 11 is 0. The maximum atomic E-state index is 5.77. The number of rotatable bonds is 7. The fourth-order valence-corrected chi connectivity index (χ4v) is 2.79. The Morgan fingerprint density at radius 2 is 1.83 bits per heavy atom. The van der Waals surface area contributed by atoms with Gasteiger partial charge in [-0.15, -0.1) is 0 Å². The molecule has 1 fully saturated rings. The standard InChI is InChI=1S/C15H33N3/c1-15(2,13-16)8-5-9-18-10-6-14(7-11-18)12-17(3)4/h14H,5-13,16H2,1-4H3. The molecule has 0 spiro atoms. The van der Waals surface area contributed by atoms with E-state index in [0.717, 1.165) is 12.5 Å². The van der Waals surface area contributed by atoms with Crippen LogP contribution in [0.2, 0.25) is 0 Å². The molecule has 108 valence electrons. The van der Waals surface area contributed by atoms with Crippen molar-refractivity contribution in [3.8, 4) is 0 Å². The molecule has 0 aromatic rings. The fraction of sp³-hybridized carbons (Fsp3) is 1.00. The zero-order chi connectivity index (χ0) is 13.6. The molecule has 18 heavy (non-hydrogen) atoms. The lowest BCUT2D eigenvalue weighted by atomic mass is 9.88. The summed E-state index contributed by atoms with van der Waals surface area (Å²) in [5, 5.41) is 0. The summed E-state index contributed by atoms with van der Waals surface area (Å²) in [6, 6.07) is 0. The molecular formula is C15H33N3. The van der Waals surface area contributed by atoms with Crippen LogP contribution in [0.25, 0.3) is 0 Å². The van der Waals surface area contributed by atoms with Gasteiger partial charge in [-0.1, -0.05) is 13.8 Å². The van der Waals surface area contributed by atoms with Crippen molar-refractivity contribution < 1.29 is 0 Å². The first-order valence-electron chi connectivity index (χ1n) is 7.50. The van der Waals surface area contributed by atoms with Crippen molar-refractivity contribution in [3.05, 3.63) is 0 Å². The van der Waals surface area contributed by atoms with Crippen molar-refractivity contribution in [1.29, 1.82) is 0 Å². The van der Waals surface area contributed by atoms with E-state index < -0.39 is 0 Å². The quantitative estimate of drug-likeness (QED) is 0.755. The number of nitrogens with zero attached hydrogens (tertiary/aromatic N) is 2. The Balaban J connectivity index is 2.12. The molecule has 2 N–H and O–H groups in total. The minimum absolute atomic E-state index is 0.323. The van der Waals surface area contributed by atoms with Crippen LogP contribution in [0, 0.1) is 11.3 Å². The average molecular weight is 255 g/mol. The molecular weight excluding hydrogens is 222 g/mol. The van der Waals surface area contributed by atoms with Crippen LogP contribution in [0.1, 0.15) is 39.5 Å². The first kappa shape index (κ1) is 15.9. The largest absolute Gasteiger partial charge is 0.330 e. The lowest BCUT2D eigenvalue weighted by Gasteiger charge is -2.34. The number of hydrogen-bond donors (Lipinski definition) is 1. The highest BCUT2D eigenvalue weighted by atomic mass is 15.1. The van der Waals surface area contributed by atoms with Crippen molar-refractivity contribution in [1.82, 2.24) is 9.80 Å². The smallest absolute Gasteiger partial charge is 0.000451 e. The van der Waals surface area contributed by atoms with E-state index >= 15 is 0 Å². The zero-order valence-corrected chi connectivity index (χ0v) is 12.9. The highest BCUT2D eigenvalue weighted by molar-refractivity contribution is 4.75. The van der Waals surface area contributed by atoms with Crippen molar-refractivity contribution in [2.24, 2.45) is 17.1 Å². The zero-order valence-electron chi connectivity index (χ0n) is 12.9. The third kappa shape index (κ3) is 6.17. The van der Waals surface area contributed by atoms with E-state index in [1.807, 2.05) is 0 Å². The molecule has 3 nitrogen and oxygen atoms in total. The van der Waals surface area contributed by atoms with E-state index in [2.05, 4.69) is 37.7 Å². The highest BCUT2D eigenvalue weighted by Crippen LogP contribution is 2.22. The Kier molecular flexibility index (Phi) is 6.61. The van der Waals surface area contributed by atoms with E-state index in [1.165, 1.54) is 51.9 Å². The number of hydrogen-bond acceptors (Lipinski definition) is 3. The predicted octanol–water partition coefficient (Wildman–Crippen LogP) is 2.03. The van der Waals surface area contributed by atoms with Gasteiger partial charge >= 0.3 is 0 Å². The molecule has 0 bridgehead atoms. The maximum absolute atomic E-state index is 5.77. The minimum atomic E-state index is 0.323. The van der Waals surface area contributed by atoms with Gasteiger partial charge in [0.25, 0.3) is 0 Å². The second-order valence-electron chi connectivity index (χ2n) is 7.02. The van der Waals surface area contributed by atoms with Gasteiger partial charge in [-0.2, -0.15) is 0 Å². The number of piperidine rings is 1. The molecule has 0 atom stereocenters. The van der Waals surface area contributed by atoms with Crippen LogP contribution < -0.4 is 5.73 Å². The van der Waals surface area contributed by atoms with Crippen molar-refractivity contribution >= 4 is 0 Å². The Hall–Kier alpha value is -0.120. The normalized spacial score (nSPS) is 19.7. The van der Waals surface area contributed by atoms with Crippen LogP contribution in [0.5, 0.6) is 0 Å². The summed E-state index contributed by atoms with van der Waals surface area (Å²) < 4.78 is 0. The van der Waals surface area contributed by atoms with Crippen LogP contribution in [-0.4, -0.2) is 56.6 Å². The van der Waals surface area contributed by atoms with Gasteiger partial charge < -0.3 is 15.5 Å². The summed E-state index contributed by atoms with van der Waals surface area (Å²) in [5.41, 5.74) is 6.09. The van der Waals surface area contributed by atoms with E-state index in [1.54, 1.807) is 0 Å². The summed E-state index contributed by atoms with van der Waals surface area (Å²) in [5.74, 6) is 0.914. The first-order chi connectivity index (χ1) is 8.43. The van der Waals surface area contributed by atoms with E-state index in [9.17, 15) is 0 Å². The minimum Gasteiger partial charge on any atom is -0.330 e. The molecule has 0 saturated carbocycles. The summed E-state index contributed by atoms with van der Waals surface area (Å²) in [6.07, 6.45) is 5.29. The molecule has 1 aliphatic heterocycles. The fourth-order valence-electron chi connectivity index (χ4n) is 2.79. The molecule has 0 radical (unpaired) electrons. The highest BCUT2D eigenvalue weighted by Gasteiger charge is 2.20. The number of likely N-dealkylation sites (tertiary alicyclic amines) is 1. The Morgan fingerprint density at radius 3 is 2.33 bits per heavy atom. The van der Waals surface area contributed by atoms with Crippen LogP contribution in [0.4, 0.5) is 0 Å².